The molecule has 1 rings (SSSR count). The second kappa shape index (κ2) is 10.6. The number of carbonyl (C=O) groups excluding carboxylic acids is 2. The van der Waals surface area contributed by atoms with E-state index in [1.807, 2.05) is 6.07 Å². The van der Waals surface area contributed by atoms with Crippen molar-refractivity contribution in [3.05, 3.63) is 41.7 Å². The smallest absolute Gasteiger partial charge is 0.424 e. The van der Waals surface area contributed by atoms with Crippen molar-refractivity contribution in [2.75, 3.05) is 20.3 Å². The van der Waals surface area contributed by atoms with Crippen molar-refractivity contribution in [3.63, 3.8) is 0 Å². The Hall–Kier alpha value is -2.54. The molecule has 0 radical (unpaired) electrons. The number of nitrogens with zero attached hydrogens (tertiary/aromatic N) is 1. The van der Waals surface area contributed by atoms with Gasteiger partial charge in [0.1, 0.15) is 23.7 Å². The van der Waals surface area contributed by atoms with Crippen LogP contribution in [0.5, 0.6) is 5.75 Å². The van der Waals surface area contributed by atoms with E-state index in [0.29, 0.717) is 30.3 Å². The van der Waals surface area contributed by atoms with E-state index in [1.54, 1.807) is 66.0 Å². The molecule has 0 bridgehead atoms. The number of hydrogen-bond acceptors (Lipinski definition) is 6. The van der Waals surface area contributed by atoms with E-state index in [4.69, 9.17) is 18.9 Å². The molecule has 0 N–H and O–H groups in total. The van der Waals surface area contributed by atoms with Crippen molar-refractivity contribution in [2.45, 2.75) is 46.8 Å². The van der Waals surface area contributed by atoms with Gasteiger partial charge in [-0.3, -0.25) is 0 Å². The van der Waals surface area contributed by atoms with Gasteiger partial charge in [-0.25, -0.2) is 14.5 Å². The number of carbonyl (C=O) groups is 2. The number of rotatable bonds is 7. The Morgan fingerprint density at radius 2 is 1.78 bits per heavy atom. The quantitative estimate of drug-likeness (QED) is 0.513. The molecule has 0 fully saturated rings. The summed E-state index contributed by atoms with van der Waals surface area (Å²) in [5, 5.41) is 0. The molecule has 7 nitrogen and oxygen atoms in total. The zero-order chi connectivity index (χ0) is 20.4. The summed E-state index contributed by atoms with van der Waals surface area (Å²) < 4.78 is 21.2. The Bertz CT molecular complexity index is 663. The van der Waals surface area contributed by atoms with E-state index >= 15 is 0 Å². The molecule has 0 unspecified atom stereocenters. The minimum atomic E-state index is -0.813. The average molecular weight is 379 g/mol. The van der Waals surface area contributed by atoms with E-state index in [2.05, 4.69) is 0 Å². The monoisotopic (exact) mass is 379 g/mol. The van der Waals surface area contributed by atoms with Crippen LogP contribution in [0.25, 0.3) is 0 Å². The third-order valence-corrected chi connectivity index (χ3v) is 3.34. The van der Waals surface area contributed by atoms with Crippen LogP contribution in [0.15, 0.2) is 36.1 Å². The number of imide groups is 1. The predicted molar refractivity (Wildman–Crippen MR) is 102 cm³/mol. The van der Waals surface area contributed by atoms with Crippen molar-refractivity contribution < 1.29 is 28.5 Å². The number of allylic oxidation sites excluding steroid dienone is 2. The van der Waals surface area contributed by atoms with Gasteiger partial charge in [-0.1, -0.05) is 18.2 Å². The fourth-order valence-corrected chi connectivity index (χ4v) is 1.95. The second-order valence-corrected chi connectivity index (χ2v) is 6.78. The van der Waals surface area contributed by atoms with Gasteiger partial charge in [0, 0.05) is 12.7 Å². The van der Waals surface area contributed by atoms with Gasteiger partial charge in [0.2, 0.25) is 0 Å². The lowest BCUT2D eigenvalue weighted by Crippen LogP contribution is -2.40. The molecule has 0 aliphatic carbocycles. The standard InChI is InChI=1S/C20H29NO6/c1-7-15(2)26-18(22)21(19(23)27-20(3,4)5)14-16-10-8-9-11-17(16)25-13-12-24-6/h7-11H,12-14H2,1-6H3/b15-7+. The highest BCUT2D eigenvalue weighted by Gasteiger charge is 2.29. The number of para-hydroxylation sites is 1. The van der Waals surface area contributed by atoms with Crippen molar-refractivity contribution in [1.82, 2.24) is 4.90 Å². The molecule has 2 amide bonds. The molecule has 0 aliphatic heterocycles. The van der Waals surface area contributed by atoms with Crippen molar-refractivity contribution in [1.29, 1.82) is 0 Å². The summed E-state index contributed by atoms with van der Waals surface area (Å²) in [6.07, 6.45) is 0.0297. The number of benzene rings is 1. The summed E-state index contributed by atoms with van der Waals surface area (Å²) in [5.41, 5.74) is -0.103. The Morgan fingerprint density at radius 1 is 1.11 bits per heavy atom. The molecule has 0 heterocycles. The van der Waals surface area contributed by atoms with E-state index in [-0.39, 0.29) is 6.54 Å². The van der Waals surface area contributed by atoms with Gasteiger partial charge in [0.05, 0.1) is 13.2 Å². The van der Waals surface area contributed by atoms with Crippen molar-refractivity contribution in [2.24, 2.45) is 0 Å². The first-order chi connectivity index (χ1) is 12.7. The highest BCUT2D eigenvalue weighted by Crippen LogP contribution is 2.22. The molecule has 0 atom stereocenters. The van der Waals surface area contributed by atoms with Gasteiger partial charge in [-0.2, -0.15) is 0 Å². The average Bonchev–Trinajstić information content (AvgIpc) is 2.59. The third kappa shape index (κ3) is 8.13. The van der Waals surface area contributed by atoms with Gasteiger partial charge in [0.15, 0.2) is 0 Å². The third-order valence-electron chi connectivity index (χ3n) is 3.34. The number of methoxy groups -OCH3 is 1. The Balaban J connectivity index is 3.06. The summed E-state index contributed by atoms with van der Waals surface area (Å²) in [6.45, 7) is 9.28. The molecule has 1 aromatic carbocycles. The normalized spacial score (nSPS) is 11.7. The van der Waals surface area contributed by atoms with Crippen LogP contribution >= 0.6 is 0 Å². The van der Waals surface area contributed by atoms with E-state index in [9.17, 15) is 9.59 Å². The molecule has 27 heavy (non-hydrogen) atoms. The highest BCUT2D eigenvalue weighted by molar-refractivity contribution is 5.88. The Kier molecular flexibility index (Phi) is 8.81. The first-order valence-electron chi connectivity index (χ1n) is 8.72. The molecule has 0 aromatic heterocycles. The zero-order valence-electron chi connectivity index (χ0n) is 16.9. The lowest BCUT2D eigenvalue weighted by atomic mass is 10.2. The predicted octanol–water partition coefficient (Wildman–Crippen LogP) is 4.51. The topological polar surface area (TPSA) is 74.3 Å². The number of ether oxygens (including phenoxy) is 4. The maximum atomic E-state index is 12.6. The second-order valence-electron chi connectivity index (χ2n) is 6.78. The van der Waals surface area contributed by atoms with Crippen LogP contribution in [0.2, 0.25) is 0 Å². The summed E-state index contributed by atoms with van der Waals surface area (Å²) >= 11 is 0. The van der Waals surface area contributed by atoms with Gasteiger partial charge >= 0.3 is 12.2 Å². The maximum Gasteiger partial charge on any atom is 0.424 e. The van der Waals surface area contributed by atoms with Crippen molar-refractivity contribution >= 4 is 12.2 Å². The molecule has 0 saturated heterocycles. The molecule has 1 aromatic rings. The van der Waals surface area contributed by atoms with Gasteiger partial charge in [0.25, 0.3) is 0 Å². The summed E-state index contributed by atoms with van der Waals surface area (Å²) in [6, 6.07) is 7.15. The first kappa shape index (κ1) is 22.5. The molecule has 0 saturated carbocycles. The van der Waals surface area contributed by atoms with Crippen LogP contribution in [-0.2, 0) is 20.8 Å². The SMILES string of the molecule is C/C=C(\C)OC(=O)N(Cc1ccccc1OCCOC)C(=O)OC(C)(C)C. The van der Waals surface area contributed by atoms with Gasteiger partial charge < -0.3 is 18.9 Å². The molecular weight excluding hydrogens is 350 g/mol. The van der Waals surface area contributed by atoms with Crippen LogP contribution in [0.3, 0.4) is 0 Å². The summed E-state index contributed by atoms with van der Waals surface area (Å²) in [4.78, 5) is 26.0. The van der Waals surface area contributed by atoms with E-state index < -0.39 is 17.8 Å². The van der Waals surface area contributed by atoms with E-state index in [1.165, 1.54) is 0 Å². The molecular formula is C20H29NO6. The Morgan fingerprint density at radius 3 is 2.37 bits per heavy atom. The zero-order valence-corrected chi connectivity index (χ0v) is 16.9. The maximum absolute atomic E-state index is 12.6. The fourth-order valence-electron chi connectivity index (χ4n) is 1.95. The molecule has 7 heteroatoms. The highest BCUT2D eigenvalue weighted by atomic mass is 16.6. The summed E-state index contributed by atoms with van der Waals surface area (Å²) in [7, 11) is 1.58. The van der Waals surface area contributed by atoms with Crippen LogP contribution in [-0.4, -0.2) is 43.0 Å². The number of amides is 2. The molecule has 150 valence electrons. The van der Waals surface area contributed by atoms with Gasteiger partial charge in [-0.15, -0.1) is 0 Å². The van der Waals surface area contributed by atoms with Crippen molar-refractivity contribution in [3.8, 4) is 5.75 Å². The fraction of sp³-hybridized carbons (Fsp3) is 0.500. The number of hydrogen-bond donors (Lipinski definition) is 0. The largest absolute Gasteiger partial charge is 0.491 e. The van der Waals surface area contributed by atoms with Crippen LogP contribution in [0.4, 0.5) is 9.59 Å². The lowest BCUT2D eigenvalue weighted by Gasteiger charge is -2.26. The minimum Gasteiger partial charge on any atom is -0.491 e. The van der Waals surface area contributed by atoms with Crippen LogP contribution in [0.1, 0.15) is 40.2 Å². The summed E-state index contributed by atoms with van der Waals surface area (Å²) in [5.74, 6) is 0.942. The van der Waals surface area contributed by atoms with E-state index in [0.717, 1.165) is 4.90 Å². The first-order valence-corrected chi connectivity index (χ1v) is 8.72. The van der Waals surface area contributed by atoms with Crippen LogP contribution in [0, 0.1) is 0 Å². The van der Waals surface area contributed by atoms with Gasteiger partial charge in [-0.05, 0) is 46.8 Å². The Labute approximate surface area is 160 Å². The van der Waals surface area contributed by atoms with Crippen LogP contribution < -0.4 is 4.74 Å². The molecule has 0 aliphatic rings. The lowest BCUT2D eigenvalue weighted by molar-refractivity contribution is 0.0236. The molecule has 0 spiro atoms. The minimum absolute atomic E-state index is 0.0477.